The summed E-state index contributed by atoms with van der Waals surface area (Å²) in [5.41, 5.74) is 1.94. The lowest BCUT2D eigenvalue weighted by molar-refractivity contribution is 0.0514. The molecule has 2 rings (SSSR count). The van der Waals surface area contributed by atoms with E-state index in [0.717, 1.165) is 43.4 Å². The Labute approximate surface area is 121 Å². The maximum Gasteiger partial charge on any atom is 0.254 e. The molecular weight excluding hydrogens is 250 g/mol. The van der Waals surface area contributed by atoms with Crippen molar-refractivity contribution in [3.05, 3.63) is 35.4 Å². The van der Waals surface area contributed by atoms with Crippen molar-refractivity contribution in [2.75, 3.05) is 6.54 Å². The van der Waals surface area contributed by atoms with Gasteiger partial charge in [-0.15, -0.1) is 0 Å². The Morgan fingerprint density at radius 1 is 1.40 bits per heavy atom. The van der Waals surface area contributed by atoms with Crippen LogP contribution in [0.4, 0.5) is 0 Å². The third kappa shape index (κ3) is 3.40. The largest absolute Gasteiger partial charge is 0.393 e. The molecule has 1 amide bonds. The molecule has 0 bridgehead atoms. The lowest BCUT2D eigenvalue weighted by atomic mass is 9.95. The summed E-state index contributed by atoms with van der Waals surface area (Å²) in [6.45, 7) is 4.70. The molecule has 110 valence electrons. The van der Waals surface area contributed by atoms with Crippen molar-refractivity contribution in [2.45, 2.75) is 58.1 Å². The van der Waals surface area contributed by atoms with Gasteiger partial charge in [0.15, 0.2) is 0 Å². The van der Waals surface area contributed by atoms with Crippen molar-refractivity contribution in [3.63, 3.8) is 0 Å². The summed E-state index contributed by atoms with van der Waals surface area (Å²) in [7, 11) is 0. The van der Waals surface area contributed by atoms with Crippen LogP contribution in [-0.4, -0.2) is 34.6 Å². The first-order chi connectivity index (χ1) is 9.63. The van der Waals surface area contributed by atoms with Crippen LogP contribution in [0.25, 0.3) is 0 Å². The molecule has 3 nitrogen and oxygen atoms in total. The first-order valence-corrected chi connectivity index (χ1v) is 7.70. The van der Waals surface area contributed by atoms with Crippen LogP contribution in [0.5, 0.6) is 0 Å². The Hall–Kier alpha value is -1.35. The smallest absolute Gasteiger partial charge is 0.254 e. The topological polar surface area (TPSA) is 40.5 Å². The van der Waals surface area contributed by atoms with Crippen LogP contribution in [0, 0.1) is 0 Å². The molecule has 3 heteroatoms. The van der Waals surface area contributed by atoms with Gasteiger partial charge in [0.1, 0.15) is 0 Å². The summed E-state index contributed by atoms with van der Waals surface area (Å²) in [5, 5.41) is 9.64. The van der Waals surface area contributed by atoms with Gasteiger partial charge in [-0.25, -0.2) is 0 Å². The zero-order valence-electron chi connectivity index (χ0n) is 12.5. The average Bonchev–Trinajstić information content (AvgIpc) is 2.46. The number of nitrogens with zero attached hydrogens (tertiary/aromatic N) is 1. The Morgan fingerprint density at radius 2 is 2.15 bits per heavy atom. The van der Waals surface area contributed by atoms with E-state index in [-0.39, 0.29) is 18.1 Å². The molecule has 1 saturated heterocycles. The van der Waals surface area contributed by atoms with Gasteiger partial charge in [0.25, 0.3) is 5.91 Å². The van der Waals surface area contributed by atoms with Crippen molar-refractivity contribution in [1.82, 2.24) is 4.90 Å². The van der Waals surface area contributed by atoms with Crippen molar-refractivity contribution in [1.29, 1.82) is 0 Å². The molecule has 1 fully saturated rings. The highest BCUT2D eigenvalue weighted by Gasteiger charge is 2.28. The Bertz CT molecular complexity index is 456. The number of benzene rings is 1. The second-order valence-electron chi connectivity index (χ2n) is 5.74. The lowest BCUT2D eigenvalue weighted by Crippen LogP contribution is -2.45. The SMILES string of the molecule is CCc1ccccc1C(=O)N1CCCCC1CC(C)O. The molecule has 2 unspecified atom stereocenters. The fraction of sp³-hybridized carbons (Fsp3) is 0.588. The van der Waals surface area contributed by atoms with Gasteiger partial charge >= 0.3 is 0 Å². The zero-order chi connectivity index (χ0) is 14.5. The van der Waals surface area contributed by atoms with Gasteiger partial charge in [-0.05, 0) is 50.7 Å². The number of aryl methyl sites for hydroxylation is 1. The maximum absolute atomic E-state index is 12.8. The number of carbonyl (C=O) groups is 1. The molecule has 1 aromatic carbocycles. The van der Waals surface area contributed by atoms with E-state index in [1.165, 1.54) is 0 Å². The predicted octanol–water partition coefficient (Wildman–Crippen LogP) is 3.01. The van der Waals surface area contributed by atoms with Gasteiger partial charge in [-0.2, -0.15) is 0 Å². The van der Waals surface area contributed by atoms with Crippen LogP contribution in [0.15, 0.2) is 24.3 Å². The predicted molar refractivity (Wildman–Crippen MR) is 80.8 cm³/mol. The molecule has 0 aromatic heterocycles. The van der Waals surface area contributed by atoms with Gasteiger partial charge in [0.05, 0.1) is 6.10 Å². The Kier molecular flexibility index (Phi) is 5.18. The van der Waals surface area contributed by atoms with Crippen LogP contribution in [0.3, 0.4) is 0 Å². The number of carbonyl (C=O) groups excluding carboxylic acids is 1. The monoisotopic (exact) mass is 275 g/mol. The van der Waals surface area contributed by atoms with Crippen molar-refractivity contribution in [2.24, 2.45) is 0 Å². The molecule has 1 heterocycles. The van der Waals surface area contributed by atoms with Crippen LogP contribution >= 0.6 is 0 Å². The van der Waals surface area contributed by atoms with Gasteiger partial charge in [0.2, 0.25) is 0 Å². The molecule has 20 heavy (non-hydrogen) atoms. The molecular formula is C17H25NO2. The average molecular weight is 275 g/mol. The number of likely N-dealkylation sites (tertiary alicyclic amines) is 1. The van der Waals surface area contributed by atoms with E-state index >= 15 is 0 Å². The summed E-state index contributed by atoms with van der Waals surface area (Å²) < 4.78 is 0. The zero-order valence-corrected chi connectivity index (χ0v) is 12.5. The fourth-order valence-electron chi connectivity index (χ4n) is 3.10. The minimum atomic E-state index is -0.352. The standard InChI is InChI=1S/C17H25NO2/c1-3-14-8-4-5-10-16(14)17(20)18-11-7-6-9-15(18)12-13(2)19/h4-5,8,10,13,15,19H,3,6-7,9,11-12H2,1-2H3. The van der Waals surface area contributed by atoms with E-state index in [4.69, 9.17) is 0 Å². The number of amides is 1. The molecule has 0 aliphatic carbocycles. The molecule has 2 atom stereocenters. The Balaban J connectivity index is 2.20. The maximum atomic E-state index is 12.8. The van der Waals surface area contributed by atoms with Crippen LogP contribution in [0.1, 0.15) is 55.5 Å². The van der Waals surface area contributed by atoms with Crippen molar-refractivity contribution < 1.29 is 9.90 Å². The minimum absolute atomic E-state index is 0.132. The summed E-state index contributed by atoms with van der Waals surface area (Å²) in [6, 6.07) is 8.05. The van der Waals surface area contributed by atoms with E-state index in [9.17, 15) is 9.90 Å². The van der Waals surface area contributed by atoms with Crippen molar-refractivity contribution >= 4 is 5.91 Å². The van der Waals surface area contributed by atoms with Gasteiger partial charge < -0.3 is 10.0 Å². The quantitative estimate of drug-likeness (QED) is 0.917. The normalized spacial score (nSPS) is 20.8. The first kappa shape index (κ1) is 15.0. The molecule has 1 N–H and O–H groups in total. The molecule has 1 aromatic rings. The van der Waals surface area contributed by atoms with Gasteiger partial charge in [-0.1, -0.05) is 25.1 Å². The van der Waals surface area contributed by atoms with Gasteiger partial charge in [-0.3, -0.25) is 4.79 Å². The fourth-order valence-corrected chi connectivity index (χ4v) is 3.10. The number of aliphatic hydroxyl groups excluding tert-OH is 1. The number of piperidine rings is 1. The third-order valence-electron chi connectivity index (χ3n) is 4.13. The van der Waals surface area contributed by atoms with E-state index in [1.807, 2.05) is 29.2 Å². The van der Waals surface area contributed by atoms with E-state index < -0.39 is 0 Å². The highest BCUT2D eigenvalue weighted by molar-refractivity contribution is 5.96. The number of hydrogen-bond acceptors (Lipinski definition) is 2. The molecule has 1 aliphatic rings. The minimum Gasteiger partial charge on any atom is -0.393 e. The number of aliphatic hydroxyl groups is 1. The second kappa shape index (κ2) is 6.89. The highest BCUT2D eigenvalue weighted by atomic mass is 16.3. The van der Waals surface area contributed by atoms with Crippen LogP contribution < -0.4 is 0 Å². The van der Waals surface area contributed by atoms with Gasteiger partial charge in [0, 0.05) is 18.2 Å². The molecule has 0 spiro atoms. The second-order valence-corrected chi connectivity index (χ2v) is 5.74. The summed E-state index contributed by atoms with van der Waals surface area (Å²) in [5.74, 6) is 0.132. The summed E-state index contributed by atoms with van der Waals surface area (Å²) in [6.07, 6.45) is 4.42. The van der Waals surface area contributed by atoms with Crippen molar-refractivity contribution in [3.8, 4) is 0 Å². The molecule has 1 aliphatic heterocycles. The highest BCUT2D eigenvalue weighted by Crippen LogP contribution is 2.24. The summed E-state index contributed by atoms with van der Waals surface area (Å²) >= 11 is 0. The van der Waals surface area contributed by atoms with E-state index in [2.05, 4.69) is 6.92 Å². The number of hydrogen-bond donors (Lipinski definition) is 1. The van der Waals surface area contributed by atoms with Crippen LogP contribution in [0.2, 0.25) is 0 Å². The van der Waals surface area contributed by atoms with E-state index in [1.54, 1.807) is 6.92 Å². The molecule has 0 radical (unpaired) electrons. The number of rotatable bonds is 4. The third-order valence-corrected chi connectivity index (χ3v) is 4.13. The van der Waals surface area contributed by atoms with Crippen LogP contribution in [-0.2, 0) is 6.42 Å². The summed E-state index contributed by atoms with van der Waals surface area (Å²) in [4.78, 5) is 14.8. The molecule has 0 saturated carbocycles. The Morgan fingerprint density at radius 3 is 2.85 bits per heavy atom. The van der Waals surface area contributed by atoms with E-state index in [0.29, 0.717) is 6.42 Å². The lowest BCUT2D eigenvalue weighted by Gasteiger charge is -2.37. The first-order valence-electron chi connectivity index (χ1n) is 7.70.